The van der Waals surface area contributed by atoms with E-state index in [0.29, 0.717) is 6.42 Å². The highest BCUT2D eigenvalue weighted by Gasteiger charge is 2.18. The highest BCUT2D eigenvalue weighted by Crippen LogP contribution is 2.29. The number of nitrogens with one attached hydrogen (secondary N) is 1. The molecule has 1 aromatic heterocycles. The highest BCUT2D eigenvalue weighted by molar-refractivity contribution is 5.90. The van der Waals surface area contributed by atoms with Crippen molar-refractivity contribution in [2.75, 3.05) is 5.32 Å². The zero-order chi connectivity index (χ0) is 18.5. The summed E-state index contributed by atoms with van der Waals surface area (Å²) in [6.45, 7) is 0. The summed E-state index contributed by atoms with van der Waals surface area (Å²) in [7, 11) is 0. The fourth-order valence-corrected chi connectivity index (χ4v) is 3.83. The van der Waals surface area contributed by atoms with E-state index >= 15 is 0 Å². The van der Waals surface area contributed by atoms with Gasteiger partial charge in [0.15, 0.2) is 0 Å². The average molecular weight is 359 g/mol. The molecule has 0 aliphatic heterocycles. The second-order valence-electron chi connectivity index (χ2n) is 7.27. The third-order valence-corrected chi connectivity index (χ3v) is 5.30. The fourth-order valence-electron chi connectivity index (χ4n) is 3.83. The predicted molar refractivity (Wildman–Crippen MR) is 109 cm³/mol. The second kappa shape index (κ2) is 8.21. The maximum absolute atomic E-state index is 12.5. The van der Waals surface area contributed by atoms with E-state index in [0.717, 1.165) is 35.1 Å². The van der Waals surface area contributed by atoms with Crippen molar-refractivity contribution in [1.82, 2.24) is 9.78 Å². The van der Waals surface area contributed by atoms with Crippen LogP contribution in [0.15, 0.2) is 66.7 Å². The van der Waals surface area contributed by atoms with Crippen LogP contribution in [0.3, 0.4) is 0 Å². The van der Waals surface area contributed by atoms with Crippen LogP contribution in [0.2, 0.25) is 0 Å². The first-order valence-electron chi connectivity index (χ1n) is 9.80. The van der Waals surface area contributed by atoms with Gasteiger partial charge < -0.3 is 5.32 Å². The lowest BCUT2D eigenvalue weighted by Crippen LogP contribution is -2.15. The molecule has 1 aliphatic rings. The predicted octanol–water partition coefficient (Wildman–Crippen LogP) is 5.45. The fraction of sp³-hybridized carbons (Fsp3) is 0.304. The third kappa shape index (κ3) is 4.27. The Morgan fingerprint density at radius 2 is 1.67 bits per heavy atom. The van der Waals surface area contributed by atoms with E-state index < -0.39 is 0 Å². The van der Waals surface area contributed by atoms with E-state index in [2.05, 4.69) is 5.32 Å². The van der Waals surface area contributed by atoms with E-state index in [4.69, 9.17) is 5.10 Å². The van der Waals surface area contributed by atoms with Crippen molar-refractivity contribution in [2.45, 2.75) is 38.5 Å². The van der Waals surface area contributed by atoms with Gasteiger partial charge in [-0.1, -0.05) is 74.2 Å². The second-order valence-corrected chi connectivity index (χ2v) is 7.27. The number of hydrogen-bond acceptors (Lipinski definition) is 2. The molecule has 0 spiro atoms. The van der Waals surface area contributed by atoms with Crippen molar-refractivity contribution in [3.05, 3.63) is 66.7 Å². The van der Waals surface area contributed by atoms with E-state index in [1.54, 1.807) is 0 Å². The molecule has 4 heteroatoms. The van der Waals surface area contributed by atoms with Crippen LogP contribution in [-0.2, 0) is 4.79 Å². The molecule has 4 rings (SSSR count). The smallest absolute Gasteiger partial charge is 0.225 e. The molecule has 1 saturated carbocycles. The number of amides is 1. The first kappa shape index (κ1) is 17.5. The van der Waals surface area contributed by atoms with Gasteiger partial charge in [-0.15, -0.1) is 0 Å². The van der Waals surface area contributed by atoms with Gasteiger partial charge in [0.05, 0.1) is 11.4 Å². The van der Waals surface area contributed by atoms with Crippen LogP contribution in [0.25, 0.3) is 16.9 Å². The normalized spacial score (nSPS) is 14.4. The van der Waals surface area contributed by atoms with Crippen molar-refractivity contribution in [2.24, 2.45) is 5.92 Å². The lowest BCUT2D eigenvalue weighted by Gasteiger charge is -2.10. The lowest BCUT2D eigenvalue weighted by molar-refractivity contribution is -0.116. The summed E-state index contributed by atoms with van der Waals surface area (Å²) in [6, 6.07) is 21.9. The molecule has 0 bridgehead atoms. The van der Waals surface area contributed by atoms with Gasteiger partial charge in [-0.05, 0) is 24.5 Å². The average Bonchev–Trinajstić information content (AvgIpc) is 3.38. The van der Waals surface area contributed by atoms with Crippen LogP contribution < -0.4 is 5.32 Å². The van der Waals surface area contributed by atoms with Crippen LogP contribution >= 0.6 is 0 Å². The van der Waals surface area contributed by atoms with Gasteiger partial charge in [0, 0.05) is 18.1 Å². The summed E-state index contributed by atoms with van der Waals surface area (Å²) in [5.74, 6) is 1.50. The third-order valence-electron chi connectivity index (χ3n) is 5.30. The molecule has 1 N–H and O–H groups in total. The van der Waals surface area contributed by atoms with Gasteiger partial charge in [0.2, 0.25) is 5.91 Å². The van der Waals surface area contributed by atoms with Gasteiger partial charge in [-0.3, -0.25) is 4.79 Å². The van der Waals surface area contributed by atoms with E-state index in [9.17, 15) is 4.79 Å². The molecule has 3 aromatic rings. The van der Waals surface area contributed by atoms with Crippen molar-refractivity contribution < 1.29 is 4.79 Å². The van der Waals surface area contributed by atoms with Gasteiger partial charge in [0.25, 0.3) is 0 Å². The Hall–Kier alpha value is -2.88. The Balaban J connectivity index is 1.56. The topological polar surface area (TPSA) is 46.9 Å². The number of para-hydroxylation sites is 1. The zero-order valence-corrected chi connectivity index (χ0v) is 15.5. The summed E-state index contributed by atoms with van der Waals surface area (Å²) >= 11 is 0. The van der Waals surface area contributed by atoms with Gasteiger partial charge in [0.1, 0.15) is 5.82 Å². The summed E-state index contributed by atoms with van der Waals surface area (Å²) in [5.41, 5.74) is 2.82. The number of carbonyl (C=O) groups is 1. The summed E-state index contributed by atoms with van der Waals surface area (Å²) in [5, 5.41) is 7.83. The molecular formula is C23H25N3O. The molecule has 0 atom stereocenters. The quantitative estimate of drug-likeness (QED) is 0.636. The Kier molecular flexibility index (Phi) is 5.33. The Labute approximate surface area is 160 Å². The van der Waals surface area contributed by atoms with Crippen molar-refractivity contribution in [3.63, 3.8) is 0 Å². The molecule has 0 radical (unpaired) electrons. The first-order valence-corrected chi connectivity index (χ1v) is 9.80. The first-order chi connectivity index (χ1) is 13.3. The minimum Gasteiger partial charge on any atom is -0.311 e. The Bertz CT molecular complexity index is 881. The highest BCUT2D eigenvalue weighted by atomic mass is 16.1. The summed E-state index contributed by atoms with van der Waals surface area (Å²) in [6.07, 6.45) is 6.73. The molecule has 2 aromatic carbocycles. The molecule has 1 aliphatic carbocycles. The van der Waals surface area contributed by atoms with Gasteiger partial charge >= 0.3 is 0 Å². The molecule has 4 nitrogen and oxygen atoms in total. The standard InChI is InChI=1S/C23H25N3O/c27-23(16-15-18-9-7-8-10-18)24-22-17-21(19-11-3-1-4-12-19)25-26(22)20-13-5-2-6-14-20/h1-6,11-14,17-18H,7-10,15-16H2,(H,24,27). The Morgan fingerprint density at radius 3 is 2.37 bits per heavy atom. The van der Waals surface area contributed by atoms with E-state index in [1.165, 1.54) is 25.7 Å². The molecular weight excluding hydrogens is 334 g/mol. The summed E-state index contributed by atoms with van der Waals surface area (Å²) in [4.78, 5) is 12.5. The van der Waals surface area contributed by atoms with Gasteiger partial charge in [-0.25, -0.2) is 4.68 Å². The lowest BCUT2D eigenvalue weighted by atomic mass is 10.0. The molecule has 1 heterocycles. The minimum atomic E-state index is 0.0681. The molecule has 0 saturated heterocycles. The number of aromatic nitrogens is 2. The molecule has 1 fully saturated rings. The van der Waals surface area contributed by atoms with Crippen molar-refractivity contribution >= 4 is 11.7 Å². The van der Waals surface area contributed by atoms with Crippen molar-refractivity contribution in [1.29, 1.82) is 0 Å². The number of hydrogen-bond donors (Lipinski definition) is 1. The molecule has 1 amide bonds. The molecule has 27 heavy (non-hydrogen) atoms. The minimum absolute atomic E-state index is 0.0681. The number of nitrogens with zero attached hydrogens (tertiary/aromatic N) is 2. The largest absolute Gasteiger partial charge is 0.311 e. The summed E-state index contributed by atoms with van der Waals surface area (Å²) < 4.78 is 1.82. The van der Waals surface area contributed by atoms with Crippen molar-refractivity contribution in [3.8, 4) is 16.9 Å². The molecule has 0 unspecified atom stereocenters. The number of carbonyl (C=O) groups excluding carboxylic acids is 1. The number of rotatable bonds is 6. The van der Waals surface area contributed by atoms with E-state index in [1.807, 2.05) is 71.4 Å². The SMILES string of the molecule is O=C(CCC1CCCC1)Nc1cc(-c2ccccc2)nn1-c1ccccc1. The van der Waals surface area contributed by atoms with Gasteiger partial charge in [-0.2, -0.15) is 5.10 Å². The maximum Gasteiger partial charge on any atom is 0.225 e. The zero-order valence-electron chi connectivity index (χ0n) is 15.5. The number of benzene rings is 2. The van der Waals surface area contributed by atoms with Crippen LogP contribution in [0.1, 0.15) is 38.5 Å². The monoisotopic (exact) mass is 359 g/mol. The maximum atomic E-state index is 12.5. The molecule has 138 valence electrons. The Morgan fingerprint density at radius 1 is 1.00 bits per heavy atom. The van der Waals surface area contributed by atoms with Crippen LogP contribution in [0.5, 0.6) is 0 Å². The van der Waals surface area contributed by atoms with Crippen LogP contribution in [-0.4, -0.2) is 15.7 Å². The van der Waals surface area contributed by atoms with Crippen LogP contribution in [0.4, 0.5) is 5.82 Å². The number of anilines is 1. The van der Waals surface area contributed by atoms with Crippen LogP contribution in [0, 0.1) is 5.92 Å². The van der Waals surface area contributed by atoms with E-state index in [-0.39, 0.29) is 5.91 Å².